The molecular formula is C23H31IN4O2. The monoisotopic (exact) mass is 522 g/mol. The van der Waals surface area contributed by atoms with E-state index in [2.05, 4.69) is 21.7 Å². The summed E-state index contributed by atoms with van der Waals surface area (Å²) in [7, 11) is 1.66. The predicted octanol–water partition coefficient (Wildman–Crippen LogP) is 3.74. The van der Waals surface area contributed by atoms with E-state index < -0.39 is 0 Å². The molecular weight excluding hydrogens is 491 g/mol. The minimum Gasteiger partial charge on any atom is -0.497 e. The van der Waals surface area contributed by atoms with Crippen molar-refractivity contribution in [2.75, 3.05) is 31.6 Å². The molecule has 0 aromatic heterocycles. The van der Waals surface area contributed by atoms with Gasteiger partial charge in [0.05, 0.1) is 13.7 Å². The van der Waals surface area contributed by atoms with Crippen LogP contribution >= 0.6 is 24.0 Å². The topological polar surface area (TPSA) is 66.0 Å². The molecule has 2 aromatic carbocycles. The first-order valence-electron chi connectivity index (χ1n) is 10.2. The van der Waals surface area contributed by atoms with E-state index in [0.29, 0.717) is 19.5 Å². The van der Waals surface area contributed by atoms with Crippen LogP contribution in [0.5, 0.6) is 5.75 Å². The maximum atomic E-state index is 12.6. The lowest BCUT2D eigenvalue weighted by molar-refractivity contribution is -0.118. The Bertz CT molecular complexity index is 857. The van der Waals surface area contributed by atoms with Gasteiger partial charge in [0.15, 0.2) is 5.96 Å². The summed E-state index contributed by atoms with van der Waals surface area (Å²) in [4.78, 5) is 19.1. The van der Waals surface area contributed by atoms with Gasteiger partial charge in [-0.25, -0.2) is 4.99 Å². The van der Waals surface area contributed by atoms with Crippen LogP contribution in [0.4, 0.5) is 5.69 Å². The molecule has 162 valence electrons. The standard InChI is InChI=1S/C23H30N4O2.HI/c1-3-24-23(26-17-18-8-6-10-20(16-18)29-2)25-14-7-12-22(28)27-15-13-19-9-4-5-11-21(19)27;/h4-6,8-11,16H,3,7,12-15,17H2,1-2H3,(H2,24,25,26);1H. The Morgan fingerprint density at radius 1 is 1.17 bits per heavy atom. The second-order valence-electron chi connectivity index (χ2n) is 7.00. The first kappa shape index (κ1) is 24.0. The Hall–Kier alpha value is -2.29. The van der Waals surface area contributed by atoms with Crippen LogP contribution in [0, 0.1) is 0 Å². The zero-order valence-electron chi connectivity index (χ0n) is 17.7. The Kier molecular flexibility index (Phi) is 9.93. The van der Waals surface area contributed by atoms with Gasteiger partial charge < -0.3 is 20.3 Å². The molecule has 0 saturated heterocycles. The summed E-state index contributed by atoms with van der Waals surface area (Å²) >= 11 is 0. The third kappa shape index (κ3) is 6.62. The average Bonchev–Trinajstić information content (AvgIpc) is 3.19. The predicted molar refractivity (Wildman–Crippen MR) is 133 cm³/mol. The maximum Gasteiger partial charge on any atom is 0.227 e. The lowest BCUT2D eigenvalue weighted by Gasteiger charge is -2.17. The first-order chi connectivity index (χ1) is 14.2. The molecule has 2 aromatic rings. The quantitative estimate of drug-likeness (QED) is 0.240. The zero-order valence-corrected chi connectivity index (χ0v) is 20.0. The number of methoxy groups -OCH3 is 1. The van der Waals surface area contributed by atoms with Gasteiger partial charge in [0, 0.05) is 31.7 Å². The van der Waals surface area contributed by atoms with Crippen LogP contribution in [-0.4, -0.2) is 38.6 Å². The molecule has 1 amide bonds. The number of fused-ring (bicyclic) bond motifs is 1. The van der Waals surface area contributed by atoms with Gasteiger partial charge in [-0.15, -0.1) is 24.0 Å². The molecule has 0 atom stereocenters. The number of rotatable bonds is 8. The number of ether oxygens (including phenoxy) is 1. The minimum absolute atomic E-state index is 0. The number of amides is 1. The van der Waals surface area contributed by atoms with Crippen LogP contribution in [0.15, 0.2) is 53.5 Å². The Morgan fingerprint density at radius 2 is 2.00 bits per heavy atom. The highest BCUT2D eigenvalue weighted by Crippen LogP contribution is 2.27. The molecule has 1 heterocycles. The molecule has 6 nitrogen and oxygen atoms in total. The van der Waals surface area contributed by atoms with Crippen LogP contribution in [0.1, 0.15) is 30.9 Å². The van der Waals surface area contributed by atoms with Crippen molar-refractivity contribution in [1.29, 1.82) is 0 Å². The SMILES string of the molecule is CCNC(=NCc1cccc(OC)c1)NCCCC(=O)N1CCc2ccccc21.I. The van der Waals surface area contributed by atoms with Gasteiger partial charge in [-0.05, 0) is 49.1 Å². The molecule has 1 aliphatic heterocycles. The average molecular weight is 522 g/mol. The lowest BCUT2D eigenvalue weighted by atomic mass is 10.2. The number of benzene rings is 2. The molecule has 0 radical (unpaired) electrons. The van der Waals surface area contributed by atoms with Gasteiger partial charge in [0.2, 0.25) is 5.91 Å². The van der Waals surface area contributed by atoms with E-state index in [0.717, 1.165) is 48.9 Å². The third-order valence-electron chi connectivity index (χ3n) is 4.95. The van der Waals surface area contributed by atoms with Crippen LogP contribution in [0.25, 0.3) is 0 Å². The number of nitrogens with zero attached hydrogens (tertiary/aromatic N) is 2. The summed E-state index contributed by atoms with van der Waals surface area (Å²) in [5.41, 5.74) is 3.42. The highest BCUT2D eigenvalue weighted by atomic mass is 127. The number of guanidine groups is 1. The fourth-order valence-electron chi connectivity index (χ4n) is 3.46. The highest BCUT2D eigenvalue weighted by molar-refractivity contribution is 14.0. The molecule has 7 heteroatoms. The fourth-order valence-corrected chi connectivity index (χ4v) is 3.46. The van der Waals surface area contributed by atoms with Crippen molar-refractivity contribution < 1.29 is 9.53 Å². The number of hydrogen-bond donors (Lipinski definition) is 2. The zero-order chi connectivity index (χ0) is 20.5. The normalized spacial score (nSPS) is 12.7. The number of halogens is 1. The largest absolute Gasteiger partial charge is 0.497 e. The van der Waals surface area contributed by atoms with Gasteiger partial charge in [0.1, 0.15) is 5.75 Å². The number of hydrogen-bond acceptors (Lipinski definition) is 3. The van der Waals surface area contributed by atoms with Crippen LogP contribution in [0.2, 0.25) is 0 Å². The summed E-state index contributed by atoms with van der Waals surface area (Å²) in [5, 5.41) is 6.57. The maximum absolute atomic E-state index is 12.6. The summed E-state index contributed by atoms with van der Waals surface area (Å²) in [5.74, 6) is 1.78. The van der Waals surface area contributed by atoms with Crippen molar-refractivity contribution in [2.24, 2.45) is 4.99 Å². The fraction of sp³-hybridized carbons (Fsp3) is 0.391. The van der Waals surface area contributed by atoms with E-state index in [1.165, 1.54) is 5.56 Å². The van der Waals surface area contributed by atoms with Crippen LogP contribution < -0.4 is 20.3 Å². The van der Waals surface area contributed by atoms with E-state index in [1.54, 1.807) is 7.11 Å². The van der Waals surface area contributed by atoms with Crippen molar-refractivity contribution >= 4 is 41.5 Å². The first-order valence-corrected chi connectivity index (χ1v) is 10.2. The molecule has 1 aliphatic rings. The van der Waals surface area contributed by atoms with Crippen molar-refractivity contribution in [3.63, 3.8) is 0 Å². The minimum atomic E-state index is 0. The van der Waals surface area contributed by atoms with E-state index >= 15 is 0 Å². The van der Waals surface area contributed by atoms with Gasteiger partial charge in [-0.3, -0.25) is 4.79 Å². The van der Waals surface area contributed by atoms with Crippen molar-refractivity contribution in [3.8, 4) is 5.75 Å². The van der Waals surface area contributed by atoms with Gasteiger partial charge >= 0.3 is 0 Å². The molecule has 0 aliphatic carbocycles. The van der Waals surface area contributed by atoms with Crippen LogP contribution in [-0.2, 0) is 17.8 Å². The van der Waals surface area contributed by atoms with E-state index in [1.807, 2.05) is 54.3 Å². The molecule has 30 heavy (non-hydrogen) atoms. The summed E-state index contributed by atoms with van der Waals surface area (Å²) in [6.07, 6.45) is 2.24. The number of carbonyl (C=O) groups is 1. The Labute approximate surface area is 196 Å². The Balaban J connectivity index is 0.00000320. The summed E-state index contributed by atoms with van der Waals surface area (Å²) in [6.45, 7) is 4.88. The number of para-hydroxylation sites is 1. The molecule has 3 rings (SSSR count). The number of anilines is 1. The van der Waals surface area contributed by atoms with E-state index in [4.69, 9.17) is 4.74 Å². The molecule has 0 saturated carbocycles. The van der Waals surface area contributed by atoms with Crippen molar-refractivity contribution in [1.82, 2.24) is 10.6 Å². The molecule has 0 bridgehead atoms. The molecule has 2 N–H and O–H groups in total. The molecule has 0 unspecified atom stereocenters. The Morgan fingerprint density at radius 3 is 2.80 bits per heavy atom. The second kappa shape index (κ2) is 12.4. The third-order valence-corrected chi connectivity index (χ3v) is 4.95. The van der Waals surface area contributed by atoms with Crippen LogP contribution in [0.3, 0.4) is 0 Å². The van der Waals surface area contributed by atoms with E-state index in [9.17, 15) is 4.79 Å². The van der Waals surface area contributed by atoms with Crippen molar-refractivity contribution in [3.05, 3.63) is 59.7 Å². The van der Waals surface area contributed by atoms with Gasteiger partial charge in [-0.2, -0.15) is 0 Å². The van der Waals surface area contributed by atoms with Crippen molar-refractivity contribution in [2.45, 2.75) is 32.7 Å². The highest BCUT2D eigenvalue weighted by Gasteiger charge is 2.23. The smallest absolute Gasteiger partial charge is 0.227 e. The summed E-state index contributed by atoms with van der Waals surface area (Å²) < 4.78 is 5.26. The number of carbonyl (C=O) groups excluding carboxylic acids is 1. The molecule has 0 spiro atoms. The summed E-state index contributed by atoms with van der Waals surface area (Å²) in [6, 6.07) is 16.1. The van der Waals surface area contributed by atoms with Gasteiger partial charge in [-0.1, -0.05) is 30.3 Å². The van der Waals surface area contributed by atoms with Gasteiger partial charge in [0.25, 0.3) is 0 Å². The molecule has 0 fully saturated rings. The number of aliphatic imine (C=N–C) groups is 1. The number of nitrogens with one attached hydrogen (secondary N) is 2. The second-order valence-corrected chi connectivity index (χ2v) is 7.00. The van der Waals surface area contributed by atoms with E-state index in [-0.39, 0.29) is 29.9 Å². The lowest BCUT2D eigenvalue weighted by Crippen LogP contribution is -2.38.